The third-order valence-corrected chi connectivity index (χ3v) is 1.07. The Morgan fingerprint density at radius 2 is 2.62 bits per heavy atom. The van der Waals surface area contributed by atoms with Crippen molar-refractivity contribution in [3.8, 4) is 0 Å². The van der Waals surface area contributed by atoms with Crippen LogP contribution in [0.5, 0.6) is 0 Å². The lowest BCUT2D eigenvalue weighted by Gasteiger charge is -2.09. The molecule has 0 bridgehead atoms. The summed E-state index contributed by atoms with van der Waals surface area (Å²) in [6, 6.07) is 0. The maximum atomic E-state index is 4.89. The lowest BCUT2D eigenvalue weighted by molar-refractivity contribution is 0.204. The normalized spacial score (nSPS) is 20.0. The first kappa shape index (κ1) is 5.44. The Hall–Kier alpha value is -0.700. The lowest BCUT2D eigenvalue weighted by Crippen LogP contribution is -2.27. The SMILES string of the molecule is COC1=CCN(C)N1. The van der Waals surface area contributed by atoms with Gasteiger partial charge in [-0.3, -0.25) is 5.43 Å². The van der Waals surface area contributed by atoms with Gasteiger partial charge >= 0.3 is 0 Å². The van der Waals surface area contributed by atoms with Crippen LogP contribution in [0, 0.1) is 0 Å². The molecule has 0 radical (unpaired) electrons. The standard InChI is InChI=1S/C5H10N2O/c1-7-4-3-5(6-7)8-2/h3,6H,4H2,1-2H3. The van der Waals surface area contributed by atoms with Crippen LogP contribution in [0.1, 0.15) is 0 Å². The van der Waals surface area contributed by atoms with Gasteiger partial charge in [-0.25, -0.2) is 5.01 Å². The highest BCUT2D eigenvalue weighted by molar-refractivity contribution is 4.96. The number of nitrogens with zero attached hydrogens (tertiary/aromatic N) is 1. The van der Waals surface area contributed by atoms with Gasteiger partial charge in [0.05, 0.1) is 7.11 Å². The molecular formula is C5H10N2O. The molecule has 0 aromatic carbocycles. The highest BCUT2D eigenvalue weighted by atomic mass is 16.5. The minimum Gasteiger partial charge on any atom is -0.482 e. The van der Waals surface area contributed by atoms with E-state index < -0.39 is 0 Å². The summed E-state index contributed by atoms with van der Waals surface area (Å²) in [5.41, 5.74) is 2.98. The fourth-order valence-electron chi connectivity index (χ4n) is 0.628. The summed E-state index contributed by atoms with van der Waals surface area (Å²) in [5, 5.41) is 1.94. The highest BCUT2D eigenvalue weighted by Crippen LogP contribution is 1.98. The van der Waals surface area contributed by atoms with Crippen molar-refractivity contribution >= 4 is 0 Å². The lowest BCUT2D eigenvalue weighted by atomic mass is 10.6. The molecule has 0 fully saturated rings. The highest BCUT2D eigenvalue weighted by Gasteiger charge is 2.05. The Balaban J connectivity index is 2.37. The van der Waals surface area contributed by atoms with E-state index in [4.69, 9.17) is 4.74 Å². The van der Waals surface area contributed by atoms with Crippen molar-refractivity contribution in [1.82, 2.24) is 10.4 Å². The molecule has 8 heavy (non-hydrogen) atoms. The molecule has 3 heteroatoms. The van der Waals surface area contributed by atoms with Crippen LogP contribution >= 0.6 is 0 Å². The van der Waals surface area contributed by atoms with Gasteiger partial charge in [0.1, 0.15) is 0 Å². The van der Waals surface area contributed by atoms with E-state index in [2.05, 4.69) is 5.43 Å². The van der Waals surface area contributed by atoms with E-state index in [-0.39, 0.29) is 0 Å². The Morgan fingerprint density at radius 3 is 2.88 bits per heavy atom. The molecule has 46 valence electrons. The first-order valence-corrected chi connectivity index (χ1v) is 2.55. The number of rotatable bonds is 1. The largest absolute Gasteiger partial charge is 0.482 e. The Kier molecular flexibility index (Phi) is 1.39. The van der Waals surface area contributed by atoms with Gasteiger partial charge in [0, 0.05) is 13.6 Å². The van der Waals surface area contributed by atoms with Crippen molar-refractivity contribution in [3.63, 3.8) is 0 Å². The number of ether oxygens (including phenoxy) is 1. The summed E-state index contributed by atoms with van der Waals surface area (Å²) in [6.45, 7) is 0.920. The molecule has 1 N–H and O–H groups in total. The number of methoxy groups -OCH3 is 1. The zero-order valence-electron chi connectivity index (χ0n) is 5.14. The second-order valence-corrected chi connectivity index (χ2v) is 1.76. The first-order chi connectivity index (χ1) is 3.83. The molecule has 1 aliphatic rings. The van der Waals surface area contributed by atoms with E-state index >= 15 is 0 Å². The van der Waals surface area contributed by atoms with E-state index in [0.29, 0.717) is 0 Å². The molecule has 0 spiro atoms. The summed E-state index contributed by atoms with van der Waals surface area (Å²) < 4.78 is 4.89. The molecule has 0 aromatic rings. The number of likely N-dealkylation sites (N-methyl/N-ethyl adjacent to an activating group) is 1. The first-order valence-electron chi connectivity index (χ1n) is 2.55. The molecule has 0 amide bonds. The Labute approximate surface area is 48.9 Å². The minimum absolute atomic E-state index is 0.840. The van der Waals surface area contributed by atoms with Crippen LogP contribution in [-0.4, -0.2) is 25.7 Å². The third-order valence-electron chi connectivity index (χ3n) is 1.07. The summed E-state index contributed by atoms with van der Waals surface area (Å²) in [7, 11) is 3.61. The Bertz CT molecular complexity index is 111. The van der Waals surface area contributed by atoms with Gasteiger partial charge < -0.3 is 4.74 Å². The van der Waals surface area contributed by atoms with Crippen LogP contribution < -0.4 is 5.43 Å². The maximum absolute atomic E-state index is 4.89. The molecule has 0 unspecified atom stereocenters. The van der Waals surface area contributed by atoms with Gasteiger partial charge in [-0.05, 0) is 6.08 Å². The van der Waals surface area contributed by atoms with Gasteiger partial charge in [0.25, 0.3) is 0 Å². The maximum Gasteiger partial charge on any atom is 0.198 e. The van der Waals surface area contributed by atoms with Crippen molar-refractivity contribution in [2.45, 2.75) is 0 Å². The van der Waals surface area contributed by atoms with Crippen molar-refractivity contribution < 1.29 is 4.74 Å². The number of hydrogen-bond donors (Lipinski definition) is 1. The van der Waals surface area contributed by atoms with Gasteiger partial charge in [-0.1, -0.05) is 0 Å². The van der Waals surface area contributed by atoms with Crippen LogP contribution in [0.2, 0.25) is 0 Å². The Morgan fingerprint density at radius 1 is 1.88 bits per heavy atom. The topological polar surface area (TPSA) is 24.5 Å². The van der Waals surface area contributed by atoms with Crippen LogP contribution in [0.4, 0.5) is 0 Å². The summed E-state index contributed by atoms with van der Waals surface area (Å²) in [4.78, 5) is 0. The fourth-order valence-corrected chi connectivity index (χ4v) is 0.628. The quantitative estimate of drug-likeness (QED) is 0.516. The van der Waals surface area contributed by atoms with Crippen LogP contribution in [0.25, 0.3) is 0 Å². The molecule has 0 saturated heterocycles. The molecule has 0 saturated carbocycles. The van der Waals surface area contributed by atoms with E-state index in [9.17, 15) is 0 Å². The summed E-state index contributed by atoms with van der Waals surface area (Å²) >= 11 is 0. The average molecular weight is 114 g/mol. The van der Waals surface area contributed by atoms with E-state index in [1.54, 1.807) is 7.11 Å². The number of hydrogen-bond acceptors (Lipinski definition) is 3. The van der Waals surface area contributed by atoms with Gasteiger partial charge in [-0.2, -0.15) is 0 Å². The zero-order chi connectivity index (χ0) is 5.98. The molecule has 0 atom stereocenters. The minimum atomic E-state index is 0.840. The molecular weight excluding hydrogens is 104 g/mol. The smallest absolute Gasteiger partial charge is 0.198 e. The van der Waals surface area contributed by atoms with E-state index in [0.717, 1.165) is 12.4 Å². The predicted molar refractivity (Wildman–Crippen MR) is 30.9 cm³/mol. The van der Waals surface area contributed by atoms with E-state index in [1.807, 2.05) is 18.1 Å². The van der Waals surface area contributed by atoms with Gasteiger partial charge in [-0.15, -0.1) is 0 Å². The van der Waals surface area contributed by atoms with E-state index in [1.165, 1.54) is 0 Å². The predicted octanol–water partition coefficient (Wildman–Crippen LogP) is -0.0758. The van der Waals surface area contributed by atoms with Crippen molar-refractivity contribution in [1.29, 1.82) is 0 Å². The average Bonchev–Trinajstić information content (AvgIpc) is 2.14. The molecule has 0 aromatic heterocycles. The van der Waals surface area contributed by atoms with Crippen LogP contribution in [0.3, 0.4) is 0 Å². The van der Waals surface area contributed by atoms with Crippen molar-refractivity contribution in [2.24, 2.45) is 0 Å². The summed E-state index contributed by atoms with van der Waals surface area (Å²) in [5.74, 6) is 0.840. The summed E-state index contributed by atoms with van der Waals surface area (Å²) in [6.07, 6.45) is 1.99. The molecule has 1 heterocycles. The zero-order valence-corrected chi connectivity index (χ0v) is 5.14. The second-order valence-electron chi connectivity index (χ2n) is 1.76. The molecule has 0 aliphatic carbocycles. The fraction of sp³-hybridized carbons (Fsp3) is 0.600. The van der Waals surface area contributed by atoms with Crippen molar-refractivity contribution in [2.75, 3.05) is 20.7 Å². The van der Waals surface area contributed by atoms with Crippen molar-refractivity contribution in [3.05, 3.63) is 12.0 Å². The van der Waals surface area contributed by atoms with Crippen LogP contribution in [0.15, 0.2) is 12.0 Å². The third kappa shape index (κ3) is 0.924. The van der Waals surface area contributed by atoms with Gasteiger partial charge in [0.2, 0.25) is 0 Å². The number of nitrogens with one attached hydrogen (secondary N) is 1. The monoisotopic (exact) mass is 114 g/mol. The molecule has 1 rings (SSSR count). The van der Waals surface area contributed by atoms with Gasteiger partial charge in [0.15, 0.2) is 5.88 Å². The molecule has 1 aliphatic heterocycles. The molecule has 3 nitrogen and oxygen atoms in total. The second kappa shape index (κ2) is 2.05. The number of hydrazine groups is 1. The van der Waals surface area contributed by atoms with Crippen LogP contribution in [-0.2, 0) is 4.74 Å².